The second-order valence-corrected chi connectivity index (χ2v) is 5.72. The Labute approximate surface area is 126 Å². The number of thiophene rings is 1. The van der Waals surface area contributed by atoms with Gasteiger partial charge in [0.15, 0.2) is 0 Å². The molecule has 0 aliphatic heterocycles. The van der Waals surface area contributed by atoms with Crippen molar-refractivity contribution in [1.82, 2.24) is 5.43 Å². The summed E-state index contributed by atoms with van der Waals surface area (Å²) in [6, 6.07) is 8.54. The molecule has 5 nitrogen and oxygen atoms in total. The number of carbonyl (C=O) groups excluding carboxylic acids is 1. The first kappa shape index (κ1) is 15.1. The summed E-state index contributed by atoms with van der Waals surface area (Å²) >= 11 is 1.40. The predicted molar refractivity (Wildman–Crippen MR) is 83.4 cm³/mol. The van der Waals surface area contributed by atoms with Crippen LogP contribution in [0.15, 0.2) is 35.4 Å². The van der Waals surface area contributed by atoms with E-state index in [1.54, 1.807) is 25.1 Å². The van der Waals surface area contributed by atoms with Crippen molar-refractivity contribution in [2.75, 3.05) is 7.11 Å². The number of phenols is 1. The van der Waals surface area contributed by atoms with Gasteiger partial charge in [-0.3, -0.25) is 4.79 Å². The number of aryl methyl sites for hydroxylation is 1. The molecule has 110 valence electrons. The smallest absolute Gasteiger partial charge is 0.281 e. The molecule has 0 bridgehead atoms. The molecule has 0 aliphatic carbocycles. The number of nitrogens with zero attached hydrogens (tertiary/aromatic N) is 1. The van der Waals surface area contributed by atoms with Crippen molar-refractivity contribution < 1.29 is 14.6 Å². The molecular formula is C15H16N2O3S. The Balaban J connectivity index is 2.12. The van der Waals surface area contributed by atoms with E-state index in [1.807, 2.05) is 13.0 Å². The lowest BCUT2D eigenvalue weighted by Crippen LogP contribution is -2.18. The van der Waals surface area contributed by atoms with E-state index in [-0.39, 0.29) is 11.7 Å². The van der Waals surface area contributed by atoms with Gasteiger partial charge in [-0.25, -0.2) is 5.43 Å². The van der Waals surface area contributed by atoms with E-state index in [2.05, 4.69) is 10.5 Å². The van der Waals surface area contributed by atoms with E-state index in [9.17, 15) is 9.90 Å². The lowest BCUT2D eigenvalue weighted by Gasteiger charge is -2.06. The first-order chi connectivity index (χ1) is 10.0. The van der Waals surface area contributed by atoms with Gasteiger partial charge in [0.05, 0.1) is 17.7 Å². The monoisotopic (exact) mass is 304 g/mol. The second kappa shape index (κ2) is 6.41. The molecule has 1 aromatic carbocycles. The number of rotatable bonds is 4. The van der Waals surface area contributed by atoms with Crippen molar-refractivity contribution in [1.29, 1.82) is 0 Å². The number of hydrogen-bond donors (Lipinski definition) is 2. The number of ether oxygens (including phenoxy) is 1. The number of benzene rings is 1. The molecule has 2 aromatic rings. The number of amides is 1. The van der Waals surface area contributed by atoms with Crippen molar-refractivity contribution in [2.45, 2.75) is 13.8 Å². The minimum absolute atomic E-state index is 0.0526. The maximum atomic E-state index is 11.9. The van der Waals surface area contributed by atoms with Gasteiger partial charge in [-0.2, -0.15) is 5.10 Å². The number of hydrogen-bond acceptors (Lipinski definition) is 5. The average molecular weight is 304 g/mol. The largest absolute Gasteiger partial charge is 0.507 e. The van der Waals surface area contributed by atoms with E-state index in [0.717, 1.165) is 4.88 Å². The van der Waals surface area contributed by atoms with Crippen LogP contribution in [-0.2, 0) is 0 Å². The standard InChI is InChI=1S/C15H16N2O3S/c1-9-4-7-14(21-9)15(19)17-16-10(2)12-6-5-11(20-3)8-13(12)18/h4-8,18H,1-3H3,(H,17,19)/b16-10+. The topological polar surface area (TPSA) is 70.9 Å². The zero-order valence-electron chi connectivity index (χ0n) is 12.0. The first-order valence-corrected chi connectivity index (χ1v) is 7.11. The van der Waals surface area contributed by atoms with Crippen LogP contribution in [-0.4, -0.2) is 23.8 Å². The number of nitrogens with one attached hydrogen (secondary N) is 1. The molecule has 1 amide bonds. The summed E-state index contributed by atoms with van der Waals surface area (Å²) in [7, 11) is 1.53. The van der Waals surface area contributed by atoms with E-state index in [1.165, 1.54) is 24.5 Å². The Hall–Kier alpha value is -2.34. The third kappa shape index (κ3) is 3.61. The minimum atomic E-state index is -0.263. The van der Waals surface area contributed by atoms with Crippen LogP contribution in [0.3, 0.4) is 0 Å². The van der Waals surface area contributed by atoms with Gasteiger partial charge in [-0.1, -0.05) is 0 Å². The van der Waals surface area contributed by atoms with Gasteiger partial charge in [-0.05, 0) is 38.1 Å². The highest BCUT2D eigenvalue weighted by Crippen LogP contribution is 2.23. The lowest BCUT2D eigenvalue weighted by molar-refractivity contribution is 0.0959. The van der Waals surface area contributed by atoms with Crippen LogP contribution in [0.25, 0.3) is 0 Å². The van der Waals surface area contributed by atoms with E-state index < -0.39 is 0 Å². The molecule has 0 aliphatic rings. The Morgan fingerprint density at radius 3 is 2.67 bits per heavy atom. The van der Waals surface area contributed by atoms with Crippen LogP contribution in [0.2, 0.25) is 0 Å². The fourth-order valence-corrected chi connectivity index (χ4v) is 2.51. The van der Waals surface area contributed by atoms with Crippen LogP contribution < -0.4 is 10.2 Å². The van der Waals surface area contributed by atoms with Crippen LogP contribution in [0.1, 0.15) is 27.0 Å². The minimum Gasteiger partial charge on any atom is -0.507 e. The summed E-state index contributed by atoms with van der Waals surface area (Å²) in [5.74, 6) is 0.347. The molecule has 0 saturated carbocycles. The number of hydrazone groups is 1. The summed E-state index contributed by atoms with van der Waals surface area (Å²) in [6.45, 7) is 3.65. The molecule has 0 spiro atoms. The van der Waals surface area contributed by atoms with Crippen molar-refractivity contribution in [3.8, 4) is 11.5 Å². The molecule has 0 atom stereocenters. The molecule has 0 fully saturated rings. The third-order valence-corrected chi connectivity index (χ3v) is 3.88. The van der Waals surface area contributed by atoms with Gasteiger partial charge in [-0.15, -0.1) is 11.3 Å². The molecule has 0 saturated heterocycles. The molecule has 0 radical (unpaired) electrons. The van der Waals surface area contributed by atoms with Gasteiger partial charge in [0.1, 0.15) is 11.5 Å². The summed E-state index contributed by atoms with van der Waals surface area (Å²) in [5, 5.41) is 13.9. The Morgan fingerprint density at radius 1 is 1.33 bits per heavy atom. The van der Waals surface area contributed by atoms with Gasteiger partial charge in [0.2, 0.25) is 0 Å². The van der Waals surface area contributed by atoms with Crippen molar-refractivity contribution in [3.63, 3.8) is 0 Å². The number of carbonyl (C=O) groups is 1. The van der Waals surface area contributed by atoms with Gasteiger partial charge in [0.25, 0.3) is 5.91 Å². The summed E-state index contributed by atoms with van der Waals surface area (Å²) in [4.78, 5) is 13.6. The fraction of sp³-hybridized carbons (Fsp3) is 0.200. The van der Waals surface area contributed by atoms with Crippen LogP contribution in [0.4, 0.5) is 0 Å². The molecule has 6 heteroatoms. The Bertz CT molecular complexity index is 692. The SMILES string of the molecule is COc1ccc(/C(C)=N/NC(=O)c2ccc(C)s2)c(O)c1. The maximum Gasteiger partial charge on any atom is 0.281 e. The van der Waals surface area contributed by atoms with Crippen LogP contribution in [0, 0.1) is 6.92 Å². The Kier molecular flexibility index (Phi) is 4.59. The zero-order chi connectivity index (χ0) is 15.4. The van der Waals surface area contributed by atoms with Gasteiger partial charge in [0, 0.05) is 16.5 Å². The number of methoxy groups -OCH3 is 1. The lowest BCUT2D eigenvalue weighted by atomic mass is 10.1. The molecular weight excluding hydrogens is 288 g/mol. The van der Waals surface area contributed by atoms with Crippen LogP contribution >= 0.6 is 11.3 Å². The second-order valence-electron chi connectivity index (χ2n) is 4.43. The quantitative estimate of drug-likeness (QED) is 0.674. The summed E-state index contributed by atoms with van der Waals surface area (Å²) in [6.07, 6.45) is 0. The van der Waals surface area contributed by atoms with Crippen molar-refractivity contribution >= 4 is 23.0 Å². The predicted octanol–water partition coefficient (Wildman–Crippen LogP) is 2.92. The third-order valence-electron chi connectivity index (χ3n) is 2.88. The molecule has 1 aromatic heterocycles. The summed E-state index contributed by atoms with van der Waals surface area (Å²) in [5.41, 5.74) is 3.53. The van der Waals surface area contributed by atoms with E-state index in [4.69, 9.17) is 4.74 Å². The maximum absolute atomic E-state index is 11.9. The first-order valence-electron chi connectivity index (χ1n) is 6.29. The Morgan fingerprint density at radius 2 is 2.10 bits per heavy atom. The zero-order valence-corrected chi connectivity index (χ0v) is 12.8. The van der Waals surface area contributed by atoms with Gasteiger partial charge < -0.3 is 9.84 Å². The molecule has 2 rings (SSSR count). The fourth-order valence-electron chi connectivity index (χ4n) is 1.75. The van der Waals surface area contributed by atoms with Crippen LogP contribution in [0.5, 0.6) is 11.5 Å². The molecule has 0 unspecified atom stereocenters. The van der Waals surface area contributed by atoms with Crippen molar-refractivity contribution in [3.05, 3.63) is 45.6 Å². The number of phenolic OH excluding ortho intramolecular Hbond substituents is 1. The number of aromatic hydroxyl groups is 1. The highest BCUT2D eigenvalue weighted by atomic mass is 32.1. The highest BCUT2D eigenvalue weighted by molar-refractivity contribution is 7.13. The normalized spacial score (nSPS) is 11.3. The molecule has 1 heterocycles. The van der Waals surface area contributed by atoms with Crippen molar-refractivity contribution in [2.24, 2.45) is 5.10 Å². The molecule has 21 heavy (non-hydrogen) atoms. The average Bonchev–Trinajstić information content (AvgIpc) is 2.90. The van der Waals surface area contributed by atoms with E-state index in [0.29, 0.717) is 21.9 Å². The summed E-state index contributed by atoms with van der Waals surface area (Å²) < 4.78 is 5.02. The van der Waals surface area contributed by atoms with E-state index >= 15 is 0 Å². The van der Waals surface area contributed by atoms with Gasteiger partial charge >= 0.3 is 0 Å². The molecule has 2 N–H and O–H groups in total. The highest BCUT2D eigenvalue weighted by Gasteiger charge is 2.09.